The molecule has 1 heterocycles. The van der Waals surface area contributed by atoms with Crippen molar-refractivity contribution < 1.29 is 24.2 Å². The molecule has 0 aliphatic heterocycles. The fraction of sp³-hybridized carbons (Fsp3) is 0.469. The van der Waals surface area contributed by atoms with Crippen LogP contribution in [0.3, 0.4) is 0 Å². The van der Waals surface area contributed by atoms with Crippen LogP contribution >= 0.6 is 0 Å². The Labute approximate surface area is 232 Å². The van der Waals surface area contributed by atoms with Crippen molar-refractivity contribution >= 4 is 11.9 Å². The Balaban J connectivity index is 2.03. The van der Waals surface area contributed by atoms with Gasteiger partial charge in [0.2, 0.25) is 0 Å². The van der Waals surface area contributed by atoms with Crippen LogP contribution < -0.4 is 0 Å². The number of aromatic nitrogens is 2. The number of aliphatic hydroxyl groups is 1. The molecule has 3 rings (SSSR count). The van der Waals surface area contributed by atoms with Gasteiger partial charge in [-0.2, -0.15) is 0 Å². The van der Waals surface area contributed by atoms with Crippen LogP contribution in [0, 0.1) is 0 Å². The Kier molecular flexibility index (Phi) is 9.73. The van der Waals surface area contributed by atoms with Crippen LogP contribution in [0.5, 0.6) is 0 Å². The van der Waals surface area contributed by atoms with Crippen molar-refractivity contribution in [3.63, 3.8) is 0 Å². The molecule has 0 atom stereocenters. The zero-order valence-corrected chi connectivity index (χ0v) is 24.3. The van der Waals surface area contributed by atoms with Crippen LogP contribution in [0.25, 0.3) is 11.1 Å². The lowest BCUT2D eigenvalue weighted by Gasteiger charge is -2.24. The van der Waals surface area contributed by atoms with Crippen molar-refractivity contribution in [2.45, 2.75) is 91.9 Å². The lowest BCUT2D eigenvalue weighted by molar-refractivity contribution is 0.00701. The molecule has 3 aromatic rings. The summed E-state index contributed by atoms with van der Waals surface area (Å²) >= 11 is 0. The average molecular weight is 535 g/mol. The van der Waals surface area contributed by atoms with Gasteiger partial charge < -0.3 is 19.1 Å². The van der Waals surface area contributed by atoms with Crippen molar-refractivity contribution in [3.05, 3.63) is 76.9 Å². The first kappa shape index (κ1) is 30.1. The van der Waals surface area contributed by atoms with E-state index in [1.54, 1.807) is 13.0 Å². The number of carbonyl (C=O) groups is 2. The lowest BCUT2D eigenvalue weighted by atomic mass is 9.92. The number of hydrogen-bond acceptors (Lipinski definition) is 6. The molecular formula is C32H42N2O5. The summed E-state index contributed by atoms with van der Waals surface area (Å²) in [6.45, 7) is 13.8. The number of rotatable bonds is 11. The summed E-state index contributed by atoms with van der Waals surface area (Å²) in [5, 5.41) is 11.4. The summed E-state index contributed by atoms with van der Waals surface area (Å²) in [4.78, 5) is 30.8. The number of imidazole rings is 1. The maximum Gasteiger partial charge on any atom is 0.357 e. The van der Waals surface area contributed by atoms with E-state index < -0.39 is 17.2 Å². The van der Waals surface area contributed by atoms with Gasteiger partial charge in [-0.1, -0.05) is 63.2 Å². The third-order valence-electron chi connectivity index (χ3n) is 6.75. The summed E-state index contributed by atoms with van der Waals surface area (Å²) in [6.07, 6.45) is 2.38. The summed E-state index contributed by atoms with van der Waals surface area (Å²) in [6, 6.07) is 15.3. The minimum atomic E-state index is -1.22. The van der Waals surface area contributed by atoms with E-state index in [1.807, 2.05) is 81.7 Å². The number of nitrogens with zero attached hydrogens (tertiary/aromatic N) is 2. The van der Waals surface area contributed by atoms with Gasteiger partial charge in [-0.15, -0.1) is 0 Å². The van der Waals surface area contributed by atoms with E-state index in [0.29, 0.717) is 42.8 Å². The molecule has 7 heteroatoms. The molecule has 1 aromatic heterocycles. The van der Waals surface area contributed by atoms with E-state index in [-0.39, 0.29) is 12.6 Å². The molecule has 0 saturated heterocycles. The number of ether oxygens (including phenoxy) is 2. The Hall–Kier alpha value is -3.45. The van der Waals surface area contributed by atoms with Gasteiger partial charge in [0, 0.05) is 13.0 Å². The van der Waals surface area contributed by atoms with E-state index in [9.17, 15) is 14.7 Å². The number of aryl methyl sites for hydroxylation is 1. The zero-order chi connectivity index (χ0) is 28.8. The van der Waals surface area contributed by atoms with Crippen LogP contribution in [0.1, 0.15) is 106 Å². The maximum absolute atomic E-state index is 13.2. The van der Waals surface area contributed by atoms with Crippen molar-refractivity contribution in [3.8, 4) is 11.1 Å². The quantitative estimate of drug-likeness (QED) is 0.276. The number of carbonyl (C=O) groups excluding carboxylic acids is 2. The lowest BCUT2D eigenvalue weighted by Crippen LogP contribution is -2.28. The highest BCUT2D eigenvalue weighted by Crippen LogP contribution is 2.33. The fourth-order valence-electron chi connectivity index (χ4n) is 4.62. The molecule has 0 amide bonds. The first-order valence-electron chi connectivity index (χ1n) is 13.9. The van der Waals surface area contributed by atoms with Crippen molar-refractivity contribution in [2.75, 3.05) is 6.61 Å². The predicted octanol–water partition coefficient (Wildman–Crippen LogP) is 6.69. The van der Waals surface area contributed by atoms with Crippen LogP contribution in [0.15, 0.2) is 48.5 Å². The van der Waals surface area contributed by atoms with Gasteiger partial charge in [0.1, 0.15) is 22.7 Å². The van der Waals surface area contributed by atoms with Gasteiger partial charge in [0.05, 0.1) is 12.2 Å². The molecule has 39 heavy (non-hydrogen) atoms. The highest BCUT2D eigenvalue weighted by Gasteiger charge is 2.36. The minimum absolute atomic E-state index is 0.231. The molecule has 0 aliphatic rings. The Morgan fingerprint density at radius 2 is 1.56 bits per heavy atom. The van der Waals surface area contributed by atoms with E-state index in [4.69, 9.17) is 14.5 Å². The topological polar surface area (TPSA) is 90.6 Å². The smallest absolute Gasteiger partial charge is 0.357 e. The fourth-order valence-corrected chi connectivity index (χ4v) is 4.62. The van der Waals surface area contributed by atoms with E-state index in [0.717, 1.165) is 28.9 Å². The molecular weight excluding hydrogens is 492 g/mol. The van der Waals surface area contributed by atoms with Crippen LogP contribution in [0.4, 0.5) is 0 Å². The molecule has 0 bridgehead atoms. The van der Waals surface area contributed by atoms with Gasteiger partial charge >= 0.3 is 11.9 Å². The molecule has 2 aromatic carbocycles. The van der Waals surface area contributed by atoms with Gasteiger partial charge in [-0.05, 0) is 69.7 Å². The highest BCUT2D eigenvalue weighted by atomic mass is 16.6. The van der Waals surface area contributed by atoms with E-state index in [1.165, 1.54) is 0 Å². The van der Waals surface area contributed by atoms with E-state index >= 15 is 0 Å². The highest BCUT2D eigenvalue weighted by molar-refractivity contribution is 5.97. The standard InChI is InChI=1S/C32H42N2O5/c1-8-14-26-33-28(32(37,9-2)10-3)27(30(36)38-11-4)34(26)21-22-17-19-23(20-18-22)24-15-12-13-16-25(24)29(35)39-31(5,6)7/h12-13,15-20,37H,8-11,14,21H2,1-7H3. The van der Waals surface area contributed by atoms with Gasteiger partial charge in [-0.3, -0.25) is 0 Å². The Morgan fingerprint density at radius 1 is 0.923 bits per heavy atom. The number of benzene rings is 2. The van der Waals surface area contributed by atoms with Gasteiger partial charge in [-0.25, -0.2) is 14.6 Å². The van der Waals surface area contributed by atoms with Crippen LogP contribution in [-0.2, 0) is 28.0 Å². The molecule has 0 aliphatic carbocycles. The number of hydrogen-bond donors (Lipinski definition) is 1. The predicted molar refractivity (Wildman–Crippen MR) is 153 cm³/mol. The van der Waals surface area contributed by atoms with E-state index in [2.05, 4.69) is 6.92 Å². The molecule has 1 N–H and O–H groups in total. The molecule has 0 saturated carbocycles. The average Bonchev–Trinajstić information content (AvgIpc) is 3.26. The molecule has 0 radical (unpaired) electrons. The zero-order valence-electron chi connectivity index (χ0n) is 24.3. The van der Waals surface area contributed by atoms with Crippen molar-refractivity contribution in [2.24, 2.45) is 0 Å². The van der Waals surface area contributed by atoms with Gasteiger partial charge in [0.25, 0.3) is 0 Å². The third-order valence-corrected chi connectivity index (χ3v) is 6.75. The number of esters is 2. The Bertz CT molecular complexity index is 1280. The van der Waals surface area contributed by atoms with Crippen LogP contribution in [0.2, 0.25) is 0 Å². The molecule has 0 fully saturated rings. The Morgan fingerprint density at radius 3 is 2.13 bits per heavy atom. The second-order valence-electron chi connectivity index (χ2n) is 10.8. The maximum atomic E-state index is 13.2. The first-order chi connectivity index (χ1) is 18.5. The normalized spacial score (nSPS) is 11.9. The SMILES string of the molecule is CCCc1nc(C(O)(CC)CC)c(C(=O)OCC)n1Cc1ccc(-c2ccccc2C(=O)OC(C)(C)C)cc1. The minimum Gasteiger partial charge on any atom is -0.461 e. The van der Waals surface area contributed by atoms with Crippen molar-refractivity contribution in [1.82, 2.24) is 9.55 Å². The summed E-state index contributed by atoms with van der Waals surface area (Å²) in [5.41, 5.74) is 2.03. The molecule has 210 valence electrons. The second-order valence-corrected chi connectivity index (χ2v) is 10.8. The summed E-state index contributed by atoms with van der Waals surface area (Å²) < 4.78 is 12.9. The van der Waals surface area contributed by atoms with Crippen LogP contribution in [-0.4, -0.2) is 38.8 Å². The monoisotopic (exact) mass is 534 g/mol. The van der Waals surface area contributed by atoms with Gasteiger partial charge in [0.15, 0.2) is 5.69 Å². The molecule has 0 unspecified atom stereocenters. The third kappa shape index (κ3) is 6.95. The summed E-state index contributed by atoms with van der Waals surface area (Å²) in [7, 11) is 0. The first-order valence-corrected chi connectivity index (χ1v) is 13.9. The van der Waals surface area contributed by atoms with Crippen molar-refractivity contribution in [1.29, 1.82) is 0 Å². The molecule has 0 spiro atoms. The second kappa shape index (κ2) is 12.6. The summed E-state index contributed by atoms with van der Waals surface area (Å²) in [5.74, 6) is -0.100. The largest absolute Gasteiger partial charge is 0.461 e. The molecule has 7 nitrogen and oxygen atoms in total.